The van der Waals surface area contributed by atoms with E-state index in [1.165, 1.54) is 54.9 Å². The second kappa shape index (κ2) is 8.03. The molecule has 0 amide bonds. The van der Waals surface area contributed by atoms with E-state index in [1.807, 2.05) is 7.05 Å². The summed E-state index contributed by atoms with van der Waals surface area (Å²) in [6, 6.07) is 41.7. The smallest absolute Gasteiger partial charge is 0.169 e. The Hall–Kier alpha value is -4.23. The second-order valence-electron chi connectivity index (χ2n) is 8.54. The zero-order valence-electron chi connectivity index (χ0n) is 18.6. The number of pyridine rings is 1. The van der Waals surface area contributed by atoms with E-state index in [0.717, 1.165) is 0 Å². The van der Waals surface area contributed by atoms with E-state index in [0.29, 0.717) is 0 Å². The summed E-state index contributed by atoms with van der Waals surface area (Å²) in [7, 11) is 2.04. The Bertz CT molecular complexity index is 1520. The van der Waals surface area contributed by atoms with Gasteiger partial charge in [0.15, 0.2) is 12.4 Å². The van der Waals surface area contributed by atoms with Crippen LogP contribution in [0.2, 0.25) is 0 Å². The summed E-state index contributed by atoms with van der Waals surface area (Å²) in [6.45, 7) is 0. The van der Waals surface area contributed by atoms with Crippen LogP contribution >= 0.6 is 0 Å². The Morgan fingerprint density at radius 1 is 0.364 bits per heavy atom. The van der Waals surface area contributed by atoms with Crippen LogP contribution in [-0.4, -0.2) is 0 Å². The van der Waals surface area contributed by atoms with Crippen LogP contribution in [0.3, 0.4) is 0 Å². The fourth-order valence-electron chi connectivity index (χ4n) is 4.88. The molecule has 6 rings (SSSR count). The van der Waals surface area contributed by atoms with Gasteiger partial charge in [-0.3, -0.25) is 0 Å². The number of aryl methyl sites for hydroxylation is 1. The number of hydrogen-bond donors (Lipinski definition) is 0. The number of aromatic nitrogens is 1. The normalized spacial score (nSPS) is 11.2. The second-order valence-corrected chi connectivity index (χ2v) is 8.54. The number of rotatable bonds is 3. The van der Waals surface area contributed by atoms with Gasteiger partial charge in [0.2, 0.25) is 0 Å². The summed E-state index contributed by atoms with van der Waals surface area (Å²) in [4.78, 5) is 0. The van der Waals surface area contributed by atoms with Crippen LogP contribution in [0.5, 0.6) is 0 Å². The predicted molar refractivity (Wildman–Crippen MR) is 139 cm³/mol. The molecule has 0 spiro atoms. The summed E-state index contributed by atoms with van der Waals surface area (Å²) in [6.07, 6.45) is 4.18. The monoisotopic (exact) mass is 422 g/mol. The minimum atomic E-state index is 1.23. The van der Waals surface area contributed by atoms with Crippen molar-refractivity contribution < 1.29 is 4.57 Å². The van der Waals surface area contributed by atoms with Crippen molar-refractivity contribution in [2.75, 3.05) is 0 Å². The van der Waals surface area contributed by atoms with E-state index >= 15 is 0 Å². The number of nitrogens with zero attached hydrogens (tertiary/aromatic N) is 1. The molecule has 33 heavy (non-hydrogen) atoms. The average Bonchev–Trinajstić information content (AvgIpc) is 2.88. The lowest BCUT2D eigenvalue weighted by molar-refractivity contribution is -0.671. The minimum Gasteiger partial charge on any atom is -0.208 e. The molecule has 0 aliphatic rings. The molecule has 0 unspecified atom stereocenters. The summed E-state index contributed by atoms with van der Waals surface area (Å²) in [5, 5.41) is 5.15. The first-order chi connectivity index (χ1) is 16.3. The molecule has 0 radical (unpaired) electrons. The minimum absolute atomic E-state index is 1.23. The summed E-state index contributed by atoms with van der Waals surface area (Å²) in [5.74, 6) is 0. The van der Waals surface area contributed by atoms with Crippen LogP contribution in [0.4, 0.5) is 0 Å². The molecule has 1 aromatic heterocycles. The Morgan fingerprint density at radius 2 is 0.727 bits per heavy atom. The van der Waals surface area contributed by atoms with Crippen molar-refractivity contribution in [1.82, 2.24) is 0 Å². The molecular formula is C32H24N+. The SMILES string of the molecule is C[n+]1ccc(-c2ccc(-c3c4ccccc4c(-c4ccccc4)c4ccccc34)cc2)cc1. The van der Waals surface area contributed by atoms with Crippen molar-refractivity contribution in [2.45, 2.75) is 0 Å². The first-order valence-electron chi connectivity index (χ1n) is 11.3. The highest BCUT2D eigenvalue weighted by Gasteiger charge is 2.16. The van der Waals surface area contributed by atoms with Gasteiger partial charge in [-0.25, -0.2) is 4.57 Å². The van der Waals surface area contributed by atoms with Crippen LogP contribution in [0.15, 0.2) is 128 Å². The van der Waals surface area contributed by atoms with Gasteiger partial charge in [-0.15, -0.1) is 0 Å². The van der Waals surface area contributed by atoms with Gasteiger partial charge in [-0.1, -0.05) is 103 Å². The van der Waals surface area contributed by atoms with Crippen molar-refractivity contribution in [1.29, 1.82) is 0 Å². The fourth-order valence-corrected chi connectivity index (χ4v) is 4.88. The molecule has 1 heterocycles. The molecule has 0 saturated heterocycles. The molecule has 0 N–H and O–H groups in total. The topological polar surface area (TPSA) is 3.88 Å². The molecule has 0 saturated carbocycles. The molecule has 6 aromatic rings. The highest BCUT2D eigenvalue weighted by Crippen LogP contribution is 2.43. The zero-order chi connectivity index (χ0) is 22.2. The van der Waals surface area contributed by atoms with Gasteiger partial charge in [-0.05, 0) is 54.9 Å². The standard InChI is InChI=1S/C32H24N/c1-33-21-19-24(20-22-33)23-15-17-26(18-16-23)32-29-13-7-5-11-27(29)31(25-9-3-2-4-10-25)28-12-6-8-14-30(28)32/h2-22H,1H3/q+1. The molecule has 0 bridgehead atoms. The molecular weight excluding hydrogens is 398 g/mol. The molecule has 0 atom stereocenters. The van der Waals surface area contributed by atoms with E-state index < -0.39 is 0 Å². The van der Waals surface area contributed by atoms with E-state index in [-0.39, 0.29) is 0 Å². The van der Waals surface area contributed by atoms with Gasteiger partial charge in [0, 0.05) is 12.1 Å². The lowest BCUT2D eigenvalue weighted by atomic mass is 9.86. The average molecular weight is 423 g/mol. The van der Waals surface area contributed by atoms with Crippen LogP contribution in [0.25, 0.3) is 54.9 Å². The van der Waals surface area contributed by atoms with Gasteiger partial charge in [-0.2, -0.15) is 0 Å². The van der Waals surface area contributed by atoms with Crippen molar-refractivity contribution in [3.63, 3.8) is 0 Å². The third-order valence-electron chi connectivity index (χ3n) is 6.48. The Labute approximate surface area is 194 Å². The van der Waals surface area contributed by atoms with Crippen molar-refractivity contribution in [2.24, 2.45) is 7.05 Å². The number of benzene rings is 5. The fraction of sp³-hybridized carbons (Fsp3) is 0.0312. The lowest BCUT2D eigenvalue weighted by Crippen LogP contribution is -2.25. The van der Waals surface area contributed by atoms with Gasteiger partial charge in [0.25, 0.3) is 0 Å². The first-order valence-corrected chi connectivity index (χ1v) is 11.3. The first kappa shape index (κ1) is 19.5. The summed E-state index contributed by atoms with van der Waals surface area (Å²) in [5.41, 5.74) is 7.56. The van der Waals surface area contributed by atoms with Gasteiger partial charge in [0.1, 0.15) is 7.05 Å². The Morgan fingerprint density at radius 3 is 1.21 bits per heavy atom. The quantitative estimate of drug-likeness (QED) is 0.202. The van der Waals surface area contributed by atoms with E-state index in [1.54, 1.807) is 0 Å². The van der Waals surface area contributed by atoms with E-state index in [2.05, 4.69) is 132 Å². The maximum Gasteiger partial charge on any atom is 0.169 e. The maximum atomic E-state index is 2.26. The van der Waals surface area contributed by atoms with E-state index in [9.17, 15) is 0 Å². The molecule has 5 aromatic carbocycles. The molecule has 156 valence electrons. The summed E-state index contributed by atoms with van der Waals surface area (Å²) < 4.78 is 2.06. The van der Waals surface area contributed by atoms with Crippen LogP contribution in [0, 0.1) is 0 Å². The third kappa shape index (κ3) is 3.39. The van der Waals surface area contributed by atoms with Gasteiger partial charge < -0.3 is 0 Å². The van der Waals surface area contributed by atoms with Crippen LogP contribution in [0.1, 0.15) is 0 Å². The Balaban J connectivity index is 1.61. The third-order valence-corrected chi connectivity index (χ3v) is 6.48. The largest absolute Gasteiger partial charge is 0.208 e. The molecule has 0 aliphatic heterocycles. The molecule has 0 aliphatic carbocycles. The van der Waals surface area contributed by atoms with Crippen LogP contribution in [-0.2, 0) is 7.05 Å². The summed E-state index contributed by atoms with van der Waals surface area (Å²) >= 11 is 0. The van der Waals surface area contributed by atoms with Gasteiger partial charge in [0.05, 0.1) is 0 Å². The van der Waals surface area contributed by atoms with Crippen LogP contribution < -0.4 is 4.57 Å². The number of hydrogen-bond acceptors (Lipinski definition) is 0. The highest BCUT2D eigenvalue weighted by molar-refractivity contribution is 6.21. The number of fused-ring (bicyclic) bond motifs is 2. The maximum absolute atomic E-state index is 2.26. The zero-order valence-corrected chi connectivity index (χ0v) is 18.6. The van der Waals surface area contributed by atoms with Gasteiger partial charge >= 0.3 is 0 Å². The van der Waals surface area contributed by atoms with Crippen molar-refractivity contribution in [3.8, 4) is 33.4 Å². The van der Waals surface area contributed by atoms with Crippen molar-refractivity contribution >= 4 is 21.5 Å². The molecule has 1 heteroatoms. The lowest BCUT2D eigenvalue weighted by Gasteiger charge is -2.17. The molecule has 1 nitrogen and oxygen atoms in total. The highest BCUT2D eigenvalue weighted by atomic mass is 14.9. The predicted octanol–water partition coefficient (Wildman–Crippen LogP) is 7.82. The van der Waals surface area contributed by atoms with Crippen molar-refractivity contribution in [3.05, 3.63) is 128 Å². The molecule has 0 fully saturated rings. The Kier molecular flexibility index (Phi) is 4.74. The van der Waals surface area contributed by atoms with E-state index in [4.69, 9.17) is 0 Å².